The summed E-state index contributed by atoms with van der Waals surface area (Å²) in [5.41, 5.74) is 5.83. The summed E-state index contributed by atoms with van der Waals surface area (Å²) in [6.07, 6.45) is 6.68. The molecule has 1 rings (SSSR count). The van der Waals surface area contributed by atoms with Gasteiger partial charge in [0.15, 0.2) is 0 Å². The van der Waals surface area contributed by atoms with Crippen LogP contribution in [0.1, 0.15) is 46.0 Å². The van der Waals surface area contributed by atoms with Crippen LogP contribution in [0.25, 0.3) is 0 Å². The lowest BCUT2D eigenvalue weighted by Crippen LogP contribution is -2.26. The molecule has 1 aliphatic carbocycles. The average molecular weight is 155 g/mol. The minimum absolute atomic E-state index is 0.512. The van der Waals surface area contributed by atoms with E-state index in [9.17, 15) is 0 Å². The van der Waals surface area contributed by atoms with Crippen LogP contribution in [-0.2, 0) is 0 Å². The van der Waals surface area contributed by atoms with E-state index in [0.717, 1.165) is 11.8 Å². The Morgan fingerprint density at radius 2 is 1.73 bits per heavy atom. The third-order valence-corrected chi connectivity index (χ3v) is 2.70. The van der Waals surface area contributed by atoms with Gasteiger partial charge >= 0.3 is 0 Å². The Morgan fingerprint density at radius 3 is 2.18 bits per heavy atom. The molecule has 0 aromatic carbocycles. The van der Waals surface area contributed by atoms with Gasteiger partial charge in [-0.2, -0.15) is 0 Å². The summed E-state index contributed by atoms with van der Waals surface area (Å²) < 4.78 is 0. The van der Waals surface area contributed by atoms with Crippen LogP contribution in [0.5, 0.6) is 0 Å². The van der Waals surface area contributed by atoms with Crippen LogP contribution >= 0.6 is 0 Å². The third kappa shape index (κ3) is 3.24. The largest absolute Gasteiger partial charge is 0.328 e. The van der Waals surface area contributed by atoms with E-state index in [-0.39, 0.29) is 0 Å². The quantitative estimate of drug-likeness (QED) is 0.651. The fourth-order valence-corrected chi connectivity index (χ4v) is 2.09. The molecule has 1 heteroatoms. The number of hydrogen-bond donors (Lipinski definition) is 1. The molecule has 1 saturated carbocycles. The van der Waals surface area contributed by atoms with Gasteiger partial charge in [-0.05, 0) is 43.9 Å². The molecule has 0 aromatic heterocycles. The van der Waals surface area contributed by atoms with E-state index in [1.165, 1.54) is 32.1 Å². The monoisotopic (exact) mass is 155 g/mol. The predicted molar refractivity (Wildman–Crippen MR) is 49.4 cm³/mol. The van der Waals surface area contributed by atoms with Crippen molar-refractivity contribution in [2.45, 2.75) is 52.0 Å². The molecular formula is C10H21N. The number of nitrogens with two attached hydrogens (primary N) is 1. The van der Waals surface area contributed by atoms with Crippen LogP contribution in [0.3, 0.4) is 0 Å². The summed E-state index contributed by atoms with van der Waals surface area (Å²) in [5, 5.41) is 0. The second kappa shape index (κ2) is 4.10. The predicted octanol–water partition coefficient (Wildman–Crippen LogP) is 2.55. The second-order valence-corrected chi connectivity index (χ2v) is 4.41. The van der Waals surface area contributed by atoms with Gasteiger partial charge in [-0.1, -0.05) is 13.8 Å². The summed E-state index contributed by atoms with van der Waals surface area (Å²) >= 11 is 0. The molecule has 0 spiro atoms. The second-order valence-electron chi connectivity index (χ2n) is 4.41. The Hall–Kier alpha value is -0.0400. The van der Waals surface area contributed by atoms with Crippen molar-refractivity contribution in [1.82, 2.24) is 0 Å². The molecule has 0 unspecified atom stereocenters. The van der Waals surface area contributed by atoms with E-state index in [4.69, 9.17) is 5.73 Å². The van der Waals surface area contributed by atoms with Gasteiger partial charge < -0.3 is 5.73 Å². The van der Waals surface area contributed by atoms with E-state index in [2.05, 4.69) is 13.8 Å². The van der Waals surface area contributed by atoms with E-state index in [0.29, 0.717) is 6.04 Å². The molecule has 0 atom stereocenters. The van der Waals surface area contributed by atoms with Gasteiger partial charge in [0.1, 0.15) is 0 Å². The average Bonchev–Trinajstić information content (AvgIpc) is 1.93. The van der Waals surface area contributed by atoms with Gasteiger partial charge in [0, 0.05) is 6.04 Å². The molecule has 0 aromatic rings. The van der Waals surface area contributed by atoms with Crippen molar-refractivity contribution in [3.8, 4) is 0 Å². The first-order chi connectivity index (χ1) is 5.18. The Balaban J connectivity index is 2.17. The van der Waals surface area contributed by atoms with Crippen LogP contribution in [0, 0.1) is 11.8 Å². The smallest absolute Gasteiger partial charge is 0.00390 e. The molecule has 0 aliphatic heterocycles. The highest BCUT2D eigenvalue weighted by molar-refractivity contribution is 4.74. The minimum Gasteiger partial charge on any atom is -0.328 e. The van der Waals surface area contributed by atoms with Gasteiger partial charge in [-0.3, -0.25) is 0 Å². The van der Waals surface area contributed by atoms with Crippen LogP contribution in [0.4, 0.5) is 0 Å². The first-order valence-corrected chi connectivity index (χ1v) is 4.94. The van der Waals surface area contributed by atoms with E-state index < -0.39 is 0 Å². The normalized spacial score (nSPS) is 32.7. The highest BCUT2D eigenvalue weighted by Gasteiger charge is 2.18. The topological polar surface area (TPSA) is 26.0 Å². The van der Waals surface area contributed by atoms with Gasteiger partial charge in [-0.25, -0.2) is 0 Å². The van der Waals surface area contributed by atoms with Crippen LogP contribution in [0.15, 0.2) is 0 Å². The molecule has 1 aliphatic rings. The zero-order valence-corrected chi connectivity index (χ0v) is 7.84. The maximum atomic E-state index is 5.83. The van der Waals surface area contributed by atoms with E-state index in [1.807, 2.05) is 0 Å². The van der Waals surface area contributed by atoms with Crippen molar-refractivity contribution in [3.05, 3.63) is 0 Å². The Labute approximate surface area is 70.4 Å². The van der Waals surface area contributed by atoms with Gasteiger partial charge in [-0.15, -0.1) is 0 Å². The minimum atomic E-state index is 0.512. The van der Waals surface area contributed by atoms with Gasteiger partial charge in [0.05, 0.1) is 0 Å². The highest BCUT2D eigenvalue weighted by atomic mass is 14.6. The summed E-state index contributed by atoms with van der Waals surface area (Å²) in [6.45, 7) is 4.63. The molecule has 0 heterocycles. The Bertz CT molecular complexity index is 101. The first kappa shape index (κ1) is 9.05. The van der Waals surface area contributed by atoms with Crippen LogP contribution in [-0.4, -0.2) is 6.04 Å². The molecule has 2 N–H and O–H groups in total. The van der Waals surface area contributed by atoms with Gasteiger partial charge in [0.2, 0.25) is 0 Å². The molecular weight excluding hydrogens is 134 g/mol. The van der Waals surface area contributed by atoms with Crippen LogP contribution in [0.2, 0.25) is 0 Å². The molecule has 0 saturated heterocycles. The lowest BCUT2D eigenvalue weighted by Gasteiger charge is -2.27. The summed E-state index contributed by atoms with van der Waals surface area (Å²) in [7, 11) is 0. The maximum absolute atomic E-state index is 5.83. The SMILES string of the molecule is CC(C)C[C@H]1CC[C@H](N)CC1. The first-order valence-electron chi connectivity index (χ1n) is 4.94. The van der Waals surface area contributed by atoms with Crippen LogP contribution < -0.4 is 5.73 Å². The standard InChI is InChI=1S/C10H21N/c1-8(2)7-9-3-5-10(11)6-4-9/h8-10H,3-7,11H2,1-2H3/t9-,10-. The lowest BCUT2D eigenvalue weighted by molar-refractivity contribution is 0.283. The fourth-order valence-electron chi connectivity index (χ4n) is 2.09. The summed E-state index contributed by atoms with van der Waals surface area (Å²) in [4.78, 5) is 0. The molecule has 1 nitrogen and oxygen atoms in total. The molecule has 0 amide bonds. The van der Waals surface area contributed by atoms with Crippen molar-refractivity contribution in [2.75, 3.05) is 0 Å². The van der Waals surface area contributed by atoms with E-state index >= 15 is 0 Å². The lowest BCUT2D eigenvalue weighted by atomic mass is 9.82. The van der Waals surface area contributed by atoms with Gasteiger partial charge in [0.25, 0.3) is 0 Å². The number of hydrogen-bond acceptors (Lipinski definition) is 1. The molecule has 66 valence electrons. The zero-order valence-electron chi connectivity index (χ0n) is 7.84. The van der Waals surface area contributed by atoms with E-state index in [1.54, 1.807) is 0 Å². The third-order valence-electron chi connectivity index (χ3n) is 2.70. The zero-order chi connectivity index (χ0) is 8.27. The summed E-state index contributed by atoms with van der Waals surface area (Å²) in [5.74, 6) is 1.85. The Kier molecular flexibility index (Phi) is 3.38. The van der Waals surface area contributed by atoms with Crippen molar-refractivity contribution in [2.24, 2.45) is 17.6 Å². The molecule has 0 radical (unpaired) electrons. The number of rotatable bonds is 2. The summed E-state index contributed by atoms with van der Waals surface area (Å²) in [6, 6.07) is 0.512. The van der Waals surface area contributed by atoms with Crippen molar-refractivity contribution < 1.29 is 0 Å². The molecule has 1 fully saturated rings. The molecule has 0 bridgehead atoms. The highest BCUT2D eigenvalue weighted by Crippen LogP contribution is 2.28. The fraction of sp³-hybridized carbons (Fsp3) is 1.00. The molecule has 11 heavy (non-hydrogen) atoms. The van der Waals surface area contributed by atoms with Crippen molar-refractivity contribution in [3.63, 3.8) is 0 Å². The maximum Gasteiger partial charge on any atom is 0.00390 e. The Morgan fingerprint density at radius 1 is 1.18 bits per heavy atom. The van der Waals surface area contributed by atoms with Crippen molar-refractivity contribution >= 4 is 0 Å². The van der Waals surface area contributed by atoms with Crippen molar-refractivity contribution in [1.29, 1.82) is 0 Å².